The zero-order chi connectivity index (χ0) is 21.8. The van der Waals surface area contributed by atoms with Crippen LogP contribution in [0.2, 0.25) is 0 Å². The van der Waals surface area contributed by atoms with Crippen molar-refractivity contribution in [2.45, 2.75) is 20.3 Å². The van der Waals surface area contributed by atoms with Crippen molar-refractivity contribution < 1.29 is 14.3 Å². The molecule has 31 heavy (non-hydrogen) atoms. The van der Waals surface area contributed by atoms with E-state index in [0.29, 0.717) is 27.6 Å². The van der Waals surface area contributed by atoms with Crippen LogP contribution >= 0.6 is 22.7 Å². The third-order valence-electron chi connectivity index (χ3n) is 4.37. The van der Waals surface area contributed by atoms with Crippen LogP contribution < -0.4 is 15.8 Å². The number of anilines is 2. The van der Waals surface area contributed by atoms with Crippen molar-refractivity contribution in [2.24, 2.45) is 0 Å². The topological polar surface area (TPSA) is 112 Å². The lowest BCUT2D eigenvalue weighted by Gasteiger charge is -2.10. The Kier molecular flexibility index (Phi) is 6.40. The minimum Gasteiger partial charge on any atom is -0.467 e. The molecule has 0 bridgehead atoms. The lowest BCUT2D eigenvalue weighted by Crippen LogP contribution is -2.14. The van der Waals surface area contributed by atoms with Crippen LogP contribution in [0.25, 0.3) is 20.8 Å². The molecule has 10 heteroatoms. The third kappa shape index (κ3) is 5.16. The van der Waals surface area contributed by atoms with Crippen LogP contribution in [0.1, 0.15) is 18.1 Å². The number of amides is 1. The summed E-state index contributed by atoms with van der Waals surface area (Å²) < 4.78 is 12.0. The predicted molar refractivity (Wildman–Crippen MR) is 124 cm³/mol. The van der Waals surface area contributed by atoms with E-state index in [1.807, 2.05) is 50.2 Å². The van der Waals surface area contributed by atoms with Gasteiger partial charge in [0.1, 0.15) is 5.75 Å². The van der Waals surface area contributed by atoms with Gasteiger partial charge in [-0.1, -0.05) is 34.8 Å². The minimum atomic E-state index is -0.170. The summed E-state index contributed by atoms with van der Waals surface area (Å²) in [6.45, 7) is 4.62. The highest BCUT2D eigenvalue weighted by molar-refractivity contribution is 7.22. The van der Waals surface area contributed by atoms with Gasteiger partial charge in [-0.3, -0.25) is 4.79 Å². The van der Waals surface area contributed by atoms with Crippen molar-refractivity contribution in [3.8, 4) is 16.3 Å². The smallest absolute Gasteiger partial charge is 0.230 e. The fourth-order valence-corrected chi connectivity index (χ4v) is 4.53. The number of carbonyl (C=O) groups excluding carboxylic acids is 1. The molecule has 2 aromatic carbocycles. The molecule has 0 saturated heterocycles. The van der Waals surface area contributed by atoms with Gasteiger partial charge in [-0.05, 0) is 49.2 Å². The number of nitrogens with zero attached hydrogens (tertiary/aromatic N) is 3. The number of carbonyl (C=O) groups is 1. The Balaban J connectivity index is 1.45. The number of ether oxygens (including phenoxy) is 2. The number of aryl methyl sites for hydroxylation is 1. The van der Waals surface area contributed by atoms with Crippen LogP contribution in [0.4, 0.5) is 10.3 Å². The van der Waals surface area contributed by atoms with Crippen molar-refractivity contribution in [1.29, 1.82) is 0 Å². The van der Waals surface area contributed by atoms with Gasteiger partial charge in [-0.2, -0.15) is 0 Å². The van der Waals surface area contributed by atoms with Gasteiger partial charge in [0.25, 0.3) is 0 Å². The molecule has 0 aliphatic carbocycles. The minimum absolute atomic E-state index is 0.158. The number of rotatable bonds is 8. The van der Waals surface area contributed by atoms with E-state index in [4.69, 9.17) is 15.2 Å². The summed E-state index contributed by atoms with van der Waals surface area (Å²) in [5, 5.41) is 12.8. The van der Waals surface area contributed by atoms with Gasteiger partial charge in [0.05, 0.1) is 22.2 Å². The second-order valence-electron chi connectivity index (χ2n) is 6.75. The van der Waals surface area contributed by atoms with Gasteiger partial charge in [-0.15, -0.1) is 10.2 Å². The Morgan fingerprint density at radius 1 is 1.16 bits per heavy atom. The highest BCUT2D eigenvalue weighted by atomic mass is 32.1. The zero-order valence-electron chi connectivity index (χ0n) is 17.0. The molecule has 3 N–H and O–H groups in total. The average Bonchev–Trinajstić information content (AvgIpc) is 3.33. The van der Waals surface area contributed by atoms with Crippen LogP contribution in [0.5, 0.6) is 5.75 Å². The molecule has 160 valence electrons. The van der Waals surface area contributed by atoms with Crippen molar-refractivity contribution in [2.75, 3.05) is 24.5 Å². The Hall–Kier alpha value is -3.08. The molecular formula is C21H21N5O3S2. The van der Waals surface area contributed by atoms with Gasteiger partial charge in [0, 0.05) is 6.61 Å². The number of benzene rings is 2. The largest absolute Gasteiger partial charge is 0.467 e. The molecule has 0 aliphatic heterocycles. The SMILES string of the molecule is CCOCOc1cc(C)ccc1-c1nnc(NC(=O)Cc2ccc3nc(N)sc3c2)s1. The Bertz CT molecular complexity index is 1220. The Labute approximate surface area is 187 Å². The standard InChI is InChI=1S/C21H21N5O3S2/c1-3-28-11-29-16-8-12(2)4-6-14(16)19-25-26-21(31-19)24-18(27)10-13-5-7-15-17(9-13)30-20(22)23-15/h4-9H,3,10-11H2,1-2H3,(H2,22,23)(H,24,26,27). The lowest BCUT2D eigenvalue weighted by molar-refractivity contribution is -0.115. The first-order valence-corrected chi connectivity index (χ1v) is 11.2. The molecule has 2 aromatic heterocycles. The first-order valence-electron chi connectivity index (χ1n) is 9.61. The number of hydrogen-bond donors (Lipinski definition) is 2. The molecule has 0 fully saturated rings. The summed E-state index contributed by atoms with van der Waals surface area (Å²) >= 11 is 2.69. The van der Waals surface area contributed by atoms with Crippen LogP contribution in [0.15, 0.2) is 36.4 Å². The van der Waals surface area contributed by atoms with Crippen LogP contribution in [0.3, 0.4) is 0 Å². The highest BCUT2D eigenvalue weighted by Crippen LogP contribution is 2.34. The average molecular weight is 456 g/mol. The van der Waals surface area contributed by atoms with E-state index in [0.717, 1.165) is 26.9 Å². The van der Waals surface area contributed by atoms with E-state index >= 15 is 0 Å². The summed E-state index contributed by atoms with van der Waals surface area (Å²) in [7, 11) is 0. The maximum Gasteiger partial charge on any atom is 0.230 e. The molecule has 0 aliphatic rings. The number of nitrogens with one attached hydrogen (secondary N) is 1. The van der Waals surface area contributed by atoms with Crippen molar-refractivity contribution in [3.63, 3.8) is 0 Å². The molecule has 0 radical (unpaired) electrons. The van der Waals surface area contributed by atoms with E-state index in [9.17, 15) is 4.79 Å². The van der Waals surface area contributed by atoms with E-state index in [1.165, 1.54) is 22.7 Å². The van der Waals surface area contributed by atoms with Crippen molar-refractivity contribution in [1.82, 2.24) is 15.2 Å². The van der Waals surface area contributed by atoms with Crippen molar-refractivity contribution >= 4 is 49.1 Å². The zero-order valence-corrected chi connectivity index (χ0v) is 18.7. The fourth-order valence-electron chi connectivity index (χ4n) is 2.94. The van der Waals surface area contributed by atoms with Gasteiger partial charge >= 0.3 is 0 Å². The lowest BCUT2D eigenvalue weighted by atomic mass is 10.1. The maximum absolute atomic E-state index is 12.5. The molecular weight excluding hydrogens is 434 g/mol. The first kappa shape index (κ1) is 21.2. The summed E-state index contributed by atoms with van der Waals surface area (Å²) in [5.41, 5.74) is 9.32. The summed E-state index contributed by atoms with van der Waals surface area (Å²) in [4.78, 5) is 16.7. The number of aromatic nitrogens is 3. The fraction of sp³-hybridized carbons (Fsp3) is 0.238. The molecule has 0 atom stereocenters. The molecule has 2 heterocycles. The molecule has 4 rings (SSSR count). The molecule has 4 aromatic rings. The van der Waals surface area contributed by atoms with Gasteiger partial charge < -0.3 is 20.5 Å². The number of thiazole rings is 1. The molecule has 0 unspecified atom stereocenters. The van der Waals surface area contributed by atoms with Crippen LogP contribution in [-0.4, -0.2) is 34.5 Å². The maximum atomic E-state index is 12.5. The summed E-state index contributed by atoms with van der Waals surface area (Å²) in [6, 6.07) is 11.5. The van der Waals surface area contributed by atoms with E-state index in [-0.39, 0.29) is 19.1 Å². The molecule has 0 spiro atoms. The molecule has 0 saturated carbocycles. The quantitative estimate of drug-likeness (QED) is 0.301. The molecule has 8 nitrogen and oxygen atoms in total. The third-order valence-corrected chi connectivity index (χ3v) is 6.09. The monoisotopic (exact) mass is 455 g/mol. The normalized spacial score (nSPS) is 11.0. The highest BCUT2D eigenvalue weighted by Gasteiger charge is 2.15. The van der Waals surface area contributed by atoms with E-state index in [2.05, 4.69) is 20.5 Å². The Morgan fingerprint density at radius 2 is 2.03 bits per heavy atom. The van der Waals surface area contributed by atoms with E-state index < -0.39 is 0 Å². The summed E-state index contributed by atoms with van der Waals surface area (Å²) in [5.74, 6) is 0.496. The second-order valence-corrected chi connectivity index (χ2v) is 8.79. The van der Waals surface area contributed by atoms with Gasteiger partial charge in [0.2, 0.25) is 11.0 Å². The van der Waals surface area contributed by atoms with Crippen LogP contribution in [-0.2, 0) is 16.0 Å². The van der Waals surface area contributed by atoms with Gasteiger partial charge in [0.15, 0.2) is 16.9 Å². The van der Waals surface area contributed by atoms with E-state index in [1.54, 1.807) is 0 Å². The molecule has 1 amide bonds. The number of hydrogen-bond acceptors (Lipinski definition) is 9. The Morgan fingerprint density at radius 3 is 2.87 bits per heavy atom. The number of fused-ring (bicyclic) bond motifs is 1. The van der Waals surface area contributed by atoms with Gasteiger partial charge in [-0.25, -0.2) is 4.98 Å². The predicted octanol–water partition coefficient (Wildman–Crippen LogP) is 4.26. The number of nitrogens with two attached hydrogens (primary N) is 1. The van der Waals surface area contributed by atoms with Crippen LogP contribution in [0, 0.1) is 6.92 Å². The second kappa shape index (κ2) is 9.38. The van der Waals surface area contributed by atoms with Crippen molar-refractivity contribution in [3.05, 3.63) is 47.5 Å². The first-order chi connectivity index (χ1) is 15.0. The summed E-state index contributed by atoms with van der Waals surface area (Å²) in [6.07, 6.45) is 0.218. The number of nitrogen functional groups attached to an aromatic ring is 1.